The summed E-state index contributed by atoms with van der Waals surface area (Å²) in [6.45, 7) is 7.52. The Labute approximate surface area is 167 Å². The van der Waals surface area contributed by atoms with E-state index in [1.54, 1.807) is 6.08 Å². The summed E-state index contributed by atoms with van der Waals surface area (Å²) in [5.41, 5.74) is 0.808. The molecule has 1 saturated heterocycles. The van der Waals surface area contributed by atoms with E-state index < -0.39 is 12.1 Å². The van der Waals surface area contributed by atoms with Crippen LogP contribution in [0.3, 0.4) is 0 Å². The van der Waals surface area contributed by atoms with Crippen LogP contribution in [-0.2, 0) is 28.6 Å². The molecule has 28 heavy (non-hydrogen) atoms. The van der Waals surface area contributed by atoms with Gasteiger partial charge in [0.05, 0.1) is 11.7 Å². The summed E-state index contributed by atoms with van der Waals surface area (Å²) < 4.78 is 17.2. The number of ether oxygens (including phenoxy) is 3. The number of rotatable bonds is 2. The molecule has 0 unspecified atom stereocenters. The van der Waals surface area contributed by atoms with Crippen LogP contribution in [-0.4, -0.2) is 41.6 Å². The predicted molar refractivity (Wildman–Crippen MR) is 105 cm³/mol. The first-order valence-corrected chi connectivity index (χ1v) is 10.0. The van der Waals surface area contributed by atoms with Gasteiger partial charge in [0.2, 0.25) is 0 Å². The number of Topliss-reactive ketones (excluding diaryl/α,β-unsaturated/α-hetero) is 1. The van der Waals surface area contributed by atoms with Crippen molar-refractivity contribution in [2.24, 2.45) is 0 Å². The number of cyclic esters (lactones) is 1. The molecule has 0 aromatic heterocycles. The molecule has 2 aliphatic rings. The van der Waals surface area contributed by atoms with Crippen molar-refractivity contribution in [2.75, 3.05) is 0 Å². The molecule has 2 aliphatic heterocycles. The number of hydrogen-bond donors (Lipinski definition) is 0. The van der Waals surface area contributed by atoms with E-state index in [0.717, 1.165) is 18.4 Å². The highest BCUT2D eigenvalue weighted by Crippen LogP contribution is 2.34. The van der Waals surface area contributed by atoms with Crippen LogP contribution in [0, 0.1) is 0 Å². The van der Waals surface area contributed by atoms with Crippen LogP contribution in [0.4, 0.5) is 0 Å². The summed E-state index contributed by atoms with van der Waals surface area (Å²) in [6.07, 6.45) is 7.58. The van der Waals surface area contributed by atoms with Crippen molar-refractivity contribution in [3.05, 3.63) is 23.8 Å². The first-order chi connectivity index (χ1) is 13.1. The van der Waals surface area contributed by atoms with E-state index in [-0.39, 0.29) is 42.4 Å². The maximum atomic E-state index is 12.1. The Kier molecular flexibility index (Phi) is 7.98. The summed E-state index contributed by atoms with van der Waals surface area (Å²) in [4.78, 5) is 35.6. The standard InChI is InChI=1S/C22H32O6/c1-15-9-11-17(13-16(2)23)26-20(24)7-5-6-8-21(25)27-19-14-22(3,4)28-18(19)12-10-15/h6,8-9,17-19H,5,7,10-14H2,1-4H3/b8-6+,15-9+/t17-,18+,19-/m1/s1. The summed E-state index contributed by atoms with van der Waals surface area (Å²) in [6, 6.07) is 0. The topological polar surface area (TPSA) is 78.9 Å². The number of ketones is 1. The van der Waals surface area contributed by atoms with E-state index in [4.69, 9.17) is 14.2 Å². The minimum atomic E-state index is -0.448. The van der Waals surface area contributed by atoms with E-state index >= 15 is 0 Å². The molecule has 0 amide bonds. The Morgan fingerprint density at radius 1 is 1.18 bits per heavy atom. The van der Waals surface area contributed by atoms with Crippen LogP contribution in [0.15, 0.2) is 23.8 Å². The third kappa shape index (κ3) is 7.58. The Morgan fingerprint density at radius 3 is 2.64 bits per heavy atom. The van der Waals surface area contributed by atoms with Crippen molar-refractivity contribution in [1.29, 1.82) is 0 Å². The number of fused-ring (bicyclic) bond motifs is 1. The molecule has 2 heterocycles. The van der Waals surface area contributed by atoms with Crippen molar-refractivity contribution in [1.82, 2.24) is 0 Å². The minimum Gasteiger partial charge on any atom is -0.462 e. The number of esters is 2. The molecule has 0 saturated carbocycles. The summed E-state index contributed by atoms with van der Waals surface area (Å²) in [5.74, 6) is -0.794. The highest BCUT2D eigenvalue weighted by atomic mass is 16.6. The molecular formula is C22H32O6. The monoisotopic (exact) mass is 392 g/mol. The maximum absolute atomic E-state index is 12.1. The van der Waals surface area contributed by atoms with Crippen molar-refractivity contribution in [3.63, 3.8) is 0 Å². The summed E-state index contributed by atoms with van der Waals surface area (Å²) in [7, 11) is 0. The lowest BCUT2D eigenvalue weighted by atomic mass is 9.99. The fourth-order valence-electron chi connectivity index (χ4n) is 3.62. The van der Waals surface area contributed by atoms with Gasteiger partial charge in [-0.25, -0.2) is 4.79 Å². The second-order valence-electron chi connectivity index (χ2n) is 8.38. The molecule has 6 heteroatoms. The van der Waals surface area contributed by atoms with Gasteiger partial charge in [0, 0.05) is 31.8 Å². The quantitative estimate of drug-likeness (QED) is 0.525. The van der Waals surface area contributed by atoms with Crippen LogP contribution < -0.4 is 0 Å². The zero-order valence-corrected chi connectivity index (χ0v) is 17.4. The smallest absolute Gasteiger partial charge is 0.330 e. The Morgan fingerprint density at radius 2 is 1.93 bits per heavy atom. The lowest BCUT2D eigenvalue weighted by Gasteiger charge is -2.20. The third-order valence-corrected chi connectivity index (χ3v) is 4.98. The molecule has 1 fully saturated rings. The summed E-state index contributed by atoms with van der Waals surface area (Å²) >= 11 is 0. The Bertz CT molecular complexity index is 645. The molecule has 0 aromatic rings. The SMILES string of the molecule is CC(=O)C[C@H]1C/C=C(\C)CC[C@@H]2OC(C)(C)C[C@H]2OC(=O)/C=C/CCC(=O)O1. The Balaban J connectivity index is 2.13. The lowest BCUT2D eigenvalue weighted by Crippen LogP contribution is -2.26. The maximum Gasteiger partial charge on any atom is 0.330 e. The van der Waals surface area contributed by atoms with E-state index in [2.05, 4.69) is 0 Å². The average molecular weight is 392 g/mol. The Hall–Kier alpha value is -1.95. The first kappa shape index (κ1) is 22.3. The van der Waals surface area contributed by atoms with E-state index in [1.807, 2.05) is 26.8 Å². The minimum absolute atomic E-state index is 0.00896. The van der Waals surface area contributed by atoms with E-state index in [1.165, 1.54) is 13.0 Å². The largest absolute Gasteiger partial charge is 0.462 e. The second-order valence-corrected chi connectivity index (χ2v) is 8.38. The molecule has 0 radical (unpaired) electrons. The van der Waals surface area contributed by atoms with Gasteiger partial charge in [0.1, 0.15) is 18.0 Å². The number of hydrogen-bond acceptors (Lipinski definition) is 6. The van der Waals surface area contributed by atoms with Gasteiger partial charge in [0.25, 0.3) is 0 Å². The molecule has 6 nitrogen and oxygen atoms in total. The number of allylic oxidation sites excluding steroid dienone is 2. The fourth-order valence-corrected chi connectivity index (χ4v) is 3.62. The average Bonchev–Trinajstić information content (AvgIpc) is 2.87. The van der Waals surface area contributed by atoms with Crippen LogP contribution in [0.2, 0.25) is 0 Å². The number of carbonyl (C=O) groups excluding carboxylic acids is 3. The molecule has 156 valence electrons. The van der Waals surface area contributed by atoms with Gasteiger partial charge in [-0.3, -0.25) is 9.59 Å². The van der Waals surface area contributed by atoms with Crippen LogP contribution >= 0.6 is 0 Å². The van der Waals surface area contributed by atoms with Gasteiger partial charge in [-0.2, -0.15) is 0 Å². The molecular weight excluding hydrogens is 360 g/mol. The molecule has 3 atom stereocenters. The predicted octanol–water partition coefficient (Wildman–Crippen LogP) is 3.82. The highest BCUT2D eigenvalue weighted by molar-refractivity contribution is 5.82. The fraction of sp³-hybridized carbons (Fsp3) is 0.682. The molecule has 0 bridgehead atoms. The second kappa shape index (κ2) is 10.0. The van der Waals surface area contributed by atoms with Crippen LogP contribution in [0.1, 0.15) is 72.6 Å². The van der Waals surface area contributed by atoms with Crippen LogP contribution in [0.25, 0.3) is 0 Å². The van der Waals surface area contributed by atoms with Gasteiger partial charge in [-0.15, -0.1) is 0 Å². The van der Waals surface area contributed by atoms with Gasteiger partial charge in [-0.05, 0) is 47.0 Å². The normalized spacial score (nSPS) is 32.4. The molecule has 0 spiro atoms. The summed E-state index contributed by atoms with van der Waals surface area (Å²) in [5, 5.41) is 0. The van der Waals surface area contributed by atoms with Gasteiger partial charge >= 0.3 is 11.9 Å². The molecule has 0 aliphatic carbocycles. The lowest BCUT2D eigenvalue weighted by molar-refractivity contribution is -0.150. The van der Waals surface area contributed by atoms with Gasteiger partial charge in [-0.1, -0.05) is 17.7 Å². The van der Waals surface area contributed by atoms with Crippen LogP contribution in [0.5, 0.6) is 0 Å². The van der Waals surface area contributed by atoms with Gasteiger partial charge in [0.15, 0.2) is 0 Å². The zero-order valence-electron chi connectivity index (χ0n) is 17.4. The van der Waals surface area contributed by atoms with Crippen molar-refractivity contribution in [3.8, 4) is 0 Å². The zero-order chi connectivity index (χ0) is 20.7. The van der Waals surface area contributed by atoms with Crippen molar-refractivity contribution < 1.29 is 28.6 Å². The third-order valence-electron chi connectivity index (χ3n) is 4.98. The van der Waals surface area contributed by atoms with E-state index in [9.17, 15) is 14.4 Å². The van der Waals surface area contributed by atoms with Crippen molar-refractivity contribution in [2.45, 2.75) is 96.6 Å². The molecule has 0 N–H and O–H groups in total. The van der Waals surface area contributed by atoms with E-state index in [0.29, 0.717) is 19.3 Å². The highest BCUT2D eigenvalue weighted by Gasteiger charge is 2.42. The van der Waals surface area contributed by atoms with Gasteiger partial charge < -0.3 is 14.2 Å². The molecule has 0 aromatic carbocycles. The first-order valence-electron chi connectivity index (χ1n) is 10.0. The number of carbonyl (C=O) groups is 3. The molecule has 2 rings (SSSR count). The van der Waals surface area contributed by atoms with Crippen molar-refractivity contribution >= 4 is 17.7 Å².